The lowest BCUT2D eigenvalue weighted by atomic mass is 10.1. The standard InChI is InChI=1S/C20H18FN3OS/c1-13-3-5-15(6-4-13)14(2)23-24-19(25)11-18-12-26-20(22-18)16-7-9-17(21)10-8-16/h3-10,12H,11H2,1-2H3,(H,24,25)/b23-14-. The molecule has 3 aromatic rings. The largest absolute Gasteiger partial charge is 0.273 e. The molecule has 1 N–H and O–H groups in total. The molecular weight excluding hydrogens is 349 g/mol. The number of amides is 1. The van der Waals surface area contributed by atoms with Gasteiger partial charge in [0.05, 0.1) is 17.8 Å². The van der Waals surface area contributed by atoms with Gasteiger partial charge in [-0.1, -0.05) is 29.8 Å². The molecule has 26 heavy (non-hydrogen) atoms. The van der Waals surface area contributed by atoms with Gasteiger partial charge in [-0.3, -0.25) is 4.79 Å². The lowest BCUT2D eigenvalue weighted by Gasteiger charge is -2.03. The molecule has 0 radical (unpaired) electrons. The molecule has 3 rings (SSSR count). The van der Waals surface area contributed by atoms with Gasteiger partial charge < -0.3 is 0 Å². The summed E-state index contributed by atoms with van der Waals surface area (Å²) >= 11 is 1.42. The van der Waals surface area contributed by atoms with Crippen LogP contribution in [-0.4, -0.2) is 16.6 Å². The summed E-state index contributed by atoms with van der Waals surface area (Å²) in [6.45, 7) is 3.87. The Morgan fingerprint density at radius 2 is 1.85 bits per heavy atom. The van der Waals surface area contributed by atoms with E-state index in [4.69, 9.17) is 0 Å². The highest BCUT2D eigenvalue weighted by Gasteiger charge is 2.09. The maximum absolute atomic E-state index is 13.0. The molecule has 0 aliphatic heterocycles. The van der Waals surface area contributed by atoms with Crippen LogP contribution in [0.4, 0.5) is 4.39 Å². The highest BCUT2D eigenvalue weighted by molar-refractivity contribution is 7.13. The Labute approximate surface area is 155 Å². The van der Waals surface area contributed by atoms with Crippen molar-refractivity contribution in [2.24, 2.45) is 5.10 Å². The third kappa shape index (κ3) is 4.61. The second-order valence-corrected chi connectivity index (χ2v) is 6.78. The van der Waals surface area contributed by atoms with Crippen molar-refractivity contribution < 1.29 is 9.18 Å². The van der Waals surface area contributed by atoms with Gasteiger partial charge in [0.25, 0.3) is 0 Å². The Bertz CT molecular complexity index is 930. The number of nitrogens with one attached hydrogen (secondary N) is 1. The van der Waals surface area contributed by atoms with Crippen LogP contribution in [0.1, 0.15) is 23.7 Å². The maximum Gasteiger partial charge on any atom is 0.246 e. The summed E-state index contributed by atoms with van der Waals surface area (Å²) in [6.07, 6.45) is 0.141. The van der Waals surface area contributed by atoms with Crippen LogP contribution in [0.25, 0.3) is 10.6 Å². The number of hydrogen-bond acceptors (Lipinski definition) is 4. The van der Waals surface area contributed by atoms with E-state index in [-0.39, 0.29) is 18.1 Å². The molecule has 0 atom stereocenters. The molecule has 1 aromatic heterocycles. The van der Waals surface area contributed by atoms with E-state index >= 15 is 0 Å². The van der Waals surface area contributed by atoms with E-state index in [1.807, 2.05) is 43.5 Å². The van der Waals surface area contributed by atoms with Crippen LogP contribution in [0.5, 0.6) is 0 Å². The van der Waals surface area contributed by atoms with Gasteiger partial charge in [0, 0.05) is 10.9 Å². The molecular formula is C20H18FN3OS. The fourth-order valence-electron chi connectivity index (χ4n) is 2.32. The molecule has 0 aliphatic rings. The molecule has 0 fully saturated rings. The highest BCUT2D eigenvalue weighted by atomic mass is 32.1. The van der Waals surface area contributed by atoms with Gasteiger partial charge in [-0.15, -0.1) is 11.3 Å². The summed E-state index contributed by atoms with van der Waals surface area (Å²) in [5, 5.41) is 6.73. The number of carbonyl (C=O) groups excluding carboxylic acids is 1. The number of hydrogen-bond donors (Lipinski definition) is 1. The molecule has 0 saturated carbocycles. The fraction of sp³-hybridized carbons (Fsp3) is 0.150. The number of benzene rings is 2. The number of aromatic nitrogens is 1. The zero-order valence-electron chi connectivity index (χ0n) is 14.5. The summed E-state index contributed by atoms with van der Waals surface area (Å²) in [5.74, 6) is -0.515. The zero-order valence-corrected chi connectivity index (χ0v) is 15.3. The first-order valence-corrected chi connectivity index (χ1v) is 9.00. The van der Waals surface area contributed by atoms with E-state index in [9.17, 15) is 9.18 Å². The van der Waals surface area contributed by atoms with Gasteiger partial charge in [-0.05, 0) is 43.7 Å². The molecule has 132 valence electrons. The molecule has 1 heterocycles. The van der Waals surface area contributed by atoms with Crippen LogP contribution in [-0.2, 0) is 11.2 Å². The van der Waals surface area contributed by atoms with E-state index in [1.54, 1.807) is 12.1 Å². The molecule has 4 nitrogen and oxygen atoms in total. The second-order valence-electron chi connectivity index (χ2n) is 5.93. The number of thiazole rings is 1. The Hall–Kier alpha value is -2.86. The quantitative estimate of drug-likeness (QED) is 0.539. The number of halogens is 1. The minimum absolute atomic E-state index is 0.141. The van der Waals surface area contributed by atoms with Crippen LogP contribution in [0.15, 0.2) is 59.0 Å². The van der Waals surface area contributed by atoms with Crippen molar-refractivity contribution in [3.8, 4) is 10.6 Å². The van der Waals surface area contributed by atoms with Gasteiger partial charge in [0.2, 0.25) is 5.91 Å². The van der Waals surface area contributed by atoms with Crippen molar-refractivity contribution in [1.82, 2.24) is 10.4 Å². The SMILES string of the molecule is C/C(=N/NC(=O)Cc1csc(-c2ccc(F)cc2)n1)c1ccc(C)cc1. The topological polar surface area (TPSA) is 54.4 Å². The van der Waals surface area contributed by atoms with Crippen LogP contribution in [0, 0.1) is 12.7 Å². The van der Waals surface area contributed by atoms with Crippen LogP contribution in [0.2, 0.25) is 0 Å². The van der Waals surface area contributed by atoms with E-state index in [1.165, 1.54) is 29.0 Å². The van der Waals surface area contributed by atoms with Gasteiger partial charge in [0.1, 0.15) is 10.8 Å². The van der Waals surface area contributed by atoms with Crippen molar-refractivity contribution in [3.05, 3.63) is 76.5 Å². The van der Waals surface area contributed by atoms with Crippen LogP contribution >= 0.6 is 11.3 Å². The van der Waals surface area contributed by atoms with Gasteiger partial charge >= 0.3 is 0 Å². The molecule has 2 aromatic carbocycles. The smallest absolute Gasteiger partial charge is 0.246 e. The first-order valence-electron chi connectivity index (χ1n) is 8.12. The van der Waals surface area contributed by atoms with Crippen LogP contribution in [0.3, 0.4) is 0 Å². The number of carbonyl (C=O) groups is 1. The monoisotopic (exact) mass is 367 g/mol. The van der Waals surface area contributed by atoms with Crippen LogP contribution < -0.4 is 5.43 Å². The predicted molar refractivity (Wildman–Crippen MR) is 103 cm³/mol. The van der Waals surface area contributed by atoms with Crippen molar-refractivity contribution in [3.63, 3.8) is 0 Å². The zero-order chi connectivity index (χ0) is 18.5. The molecule has 0 saturated heterocycles. The van der Waals surface area contributed by atoms with E-state index in [0.717, 1.165) is 21.8 Å². The molecule has 0 bridgehead atoms. The summed E-state index contributed by atoms with van der Waals surface area (Å²) in [4.78, 5) is 16.5. The average Bonchev–Trinajstić information content (AvgIpc) is 3.09. The van der Waals surface area contributed by atoms with E-state index < -0.39 is 0 Å². The first-order chi connectivity index (χ1) is 12.5. The van der Waals surface area contributed by atoms with Crippen molar-refractivity contribution in [2.75, 3.05) is 0 Å². The highest BCUT2D eigenvalue weighted by Crippen LogP contribution is 2.24. The molecule has 1 amide bonds. The third-order valence-electron chi connectivity index (χ3n) is 3.80. The number of nitrogens with zero attached hydrogens (tertiary/aromatic N) is 2. The number of aryl methyl sites for hydroxylation is 1. The average molecular weight is 367 g/mol. The van der Waals surface area contributed by atoms with Crippen molar-refractivity contribution in [1.29, 1.82) is 0 Å². The Kier molecular flexibility index (Phi) is 5.53. The third-order valence-corrected chi connectivity index (χ3v) is 4.74. The summed E-state index contributed by atoms with van der Waals surface area (Å²) in [5.41, 5.74) is 6.93. The fourth-order valence-corrected chi connectivity index (χ4v) is 3.15. The lowest BCUT2D eigenvalue weighted by Crippen LogP contribution is -2.21. The lowest BCUT2D eigenvalue weighted by molar-refractivity contribution is -0.120. The number of rotatable bonds is 5. The predicted octanol–water partition coefficient (Wildman–Crippen LogP) is 4.34. The number of hydrazone groups is 1. The minimum Gasteiger partial charge on any atom is -0.273 e. The van der Waals surface area contributed by atoms with Crippen molar-refractivity contribution in [2.45, 2.75) is 20.3 Å². The first kappa shape index (κ1) is 17.9. The summed E-state index contributed by atoms with van der Waals surface area (Å²) in [7, 11) is 0. The Morgan fingerprint density at radius 3 is 2.54 bits per heavy atom. The second kappa shape index (κ2) is 8.01. The van der Waals surface area contributed by atoms with E-state index in [2.05, 4.69) is 15.5 Å². The molecule has 0 spiro atoms. The molecule has 6 heteroatoms. The Balaban J connectivity index is 1.60. The molecule has 0 unspecified atom stereocenters. The summed E-state index contributed by atoms with van der Waals surface area (Å²) < 4.78 is 13.0. The Morgan fingerprint density at radius 1 is 1.15 bits per heavy atom. The van der Waals surface area contributed by atoms with Gasteiger partial charge in [-0.25, -0.2) is 14.8 Å². The van der Waals surface area contributed by atoms with Gasteiger partial charge in [-0.2, -0.15) is 5.10 Å². The molecule has 0 aliphatic carbocycles. The van der Waals surface area contributed by atoms with Gasteiger partial charge in [0.15, 0.2) is 0 Å². The normalized spacial score (nSPS) is 11.4. The maximum atomic E-state index is 13.0. The summed E-state index contributed by atoms with van der Waals surface area (Å²) in [6, 6.07) is 14.1. The van der Waals surface area contributed by atoms with E-state index in [0.29, 0.717) is 5.69 Å². The van der Waals surface area contributed by atoms with Crippen molar-refractivity contribution >= 4 is 23.0 Å². The minimum atomic E-state index is -0.285.